The number of guanidine groups is 1. The van der Waals surface area contributed by atoms with Gasteiger partial charge in [0.15, 0.2) is 12.2 Å². The number of nitrogens with zero attached hydrogens (tertiary/aromatic N) is 1. The van der Waals surface area contributed by atoms with Crippen LogP contribution in [0.4, 0.5) is 0 Å². The van der Waals surface area contributed by atoms with Crippen molar-refractivity contribution in [3.05, 3.63) is 0 Å². The molecule has 0 aromatic carbocycles. The number of hydrogen-bond donors (Lipinski definition) is 17. The molecule has 2 saturated heterocycles. The van der Waals surface area contributed by atoms with Gasteiger partial charge in [-0.25, -0.2) is 0 Å². The van der Waals surface area contributed by atoms with E-state index in [1.165, 1.54) is 0 Å². The van der Waals surface area contributed by atoms with E-state index in [1.807, 2.05) is 5.32 Å². The second-order valence-electron chi connectivity index (χ2n) is 13.2. The van der Waals surface area contributed by atoms with E-state index in [4.69, 9.17) is 36.5 Å². The van der Waals surface area contributed by atoms with Crippen LogP contribution < -0.4 is 43.8 Å². The lowest BCUT2D eigenvalue weighted by atomic mass is 9.97. The lowest BCUT2D eigenvalue weighted by Gasteiger charge is -2.46. The summed E-state index contributed by atoms with van der Waals surface area (Å²) in [5.74, 6) is -9.01. The maximum Gasteiger partial charge on any atom is 0.322 e. The van der Waals surface area contributed by atoms with E-state index in [2.05, 4.69) is 26.3 Å². The number of thioether (sulfide) groups is 1. The molecule has 0 unspecified atom stereocenters. The van der Waals surface area contributed by atoms with Gasteiger partial charge in [0.1, 0.15) is 78.9 Å². The molecule has 0 bridgehead atoms. The zero-order chi connectivity index (χ0) is 45.3. The number of nitrogens with one attached hydrogen (secondary N) is 5. The number of carboxylic acid groups (broad SMARTS) is 2. The molecule has 2 aliphatic heterocycles. The molecule has 342 valence electrons. The molecule has 29 heteroatoms. The summed E-state index contributed by atoms with van der Waals surface area (Å²) in [7, 11) is 0. The van der Waals surface area contributed by atoms with Crippen LogP contribution in [0.2, 0.25) is 0 Å². The fourth-order valence-corrected chi connectivity index (χ4v) is 6.77. The van der Waals surface area contributed by atoms with Crippen molar-refractivity contribution in [3.63, 3.8) is 0 Å². The molecule has 0 spiro atoms. The van der Waals surface area contributed by atoms with Crippen molar-refractivity contribution in [1.29, 1.82) is 0 Å². The first kappa shape index (κ1) is 51.6. The summed E-state index contributed by atoms with van der Waals surface area (Å²) in [6.07, 6.45) is -16.7. The third-order valence-corrected chi connectivity index (χ3v) is 9.91. The number of ether oxygens (including phenoxy) is 3. The van der Waals surface area contributed by atoms with Crippen LogP contribution in [0.15, 0.2) is 4.99 Å². The first-order valence-electron chi connectivity index (χ1n) is 18.1. The molecule has 2 rings (SSSR count). The zero-order valence-electron chi connectivity index (χ0n) is 31.8. The Hall–Kier alpha value is -4.53. The molecule has 0 aliphatic carbocycles. The molecule has 2 heterocycles. The second-order valence-corrected chi connectivity index (χ2v) is 14.4. The normalized spacial score (nSPS) is 27.9. The number of aliphatic hydroxyl groups is 7. The second kappa shape index (κ2) is 25.3. The molecule has 0 radical (unpaired) electrons. The molecule has 0 saturated carbocycles. The van der Waals surface area contributed by atoms with E-state index in [-0.39, 0.29) is 25.3 Å². The van der Waals surface area contributed by atoms with Crippen LogP contribution in [0, 0.1) is 0 Å². The molecular weight excluding hydrogens is 834 g/mol. The molecule has 2 aliphatic rings. The molecule has 2 fully saturated rings. The minimum absolute atomic E-state index is 0.00239. The number of carbonyl (C=O) groups excluding carboxylic acids is 5. The van der Waals surface area contributed by atoms with Gasteiger partial charge in [0.25, 0.3) is 0 Å². The van der Waals surface area contributed by atoms with Gasteiger partial charge in [-0.3, -0.25) is 38.6 Å². The lowest BCUT2D eigenvalue weighted by molar-refractivity contribution is -0.338. The van der Waals surface area contributed by atoms with Gasteiger partial charge < -0.3 is 104 Å². The summed E-state index contributed by atoms with van der Waals surface area (Å²) in [5.41, 5.74) is 14.3. The average molecular weight is 888 g/mol. The summed E-state index contributed by atoms with van der Waals surface area (Å²) < 4.78 is 16.4. The first-order chi connectivity index (χ1) is 28.2. The number of carbonyl (C=O) groups is 7. The highest BCUT2D eigenvalue weighted by Gasteiger charge is 2.50. The Balaban J connectivity index is 2.17. The molecule has 60 heavy (non-hydrogen) atoms. The van der Waals surface area contributed by atoms with Gasteiger partial charge in [0.2, 0.25) is 29.5 Å². The number of amides is 5. The monoisotopic (exact) mass is 887 g/mol. The number of hydrogen-bond acceptors (Lipinski definition) is 20. The topological polar surface area (TPSA) is 480 Å². The lowest BCUT2D eigenvalue weighted by Crippen LogP contribution is -2.64. The number of carboxylic acids is 2. The largest absolute Gasteiger partial charge is 0.481 e. The van der Waals surface area contributed by atoms with Crippen LogP contribution >= 0.6 is 11.8 Å². The summed E-state index contributed by atoms with van der Waals surface area (Å²) >= 11 is 0.545. The Bertz CT molecular complexity index is 1510. The van der Waals surface area contributed by atoms with Gasteiger partial charge in [-0.2, -0.15) is 0 Å². The Morgan fingerprint density at radius 2 is 1.32 bits per heavy atom. The highest BCUT2D eigenvalue weighted by Crippen LogP contribution is 2.33. The molecule has 13 atom stereocenters. The Kier molecular flexibility index (Phi) is 21.8. The number of aliphatic carboxylic acids is 2. The Morgan fingerprint density at radius 3 is 1.90 bits per heavy atom. The summed E-state index contributed by atoms with van der Waals surface area (Å²) in [6.45, 7) is -3.88. The number of aliphatic hydroxyl groups excluding tert-OH is 7. The van der Waals surface area contributed by atoms with E-state index in [9.17, 15) is 74.4 Å². The molecular formula is C31H53N9O19S. The first-order valence-corrected chi connectivity index (χ1v) is 19.1. The average Bonchev–Trinajstić information content (AvgIpc) is 3.20. The van der Waals surface area contributed by atoms with Crippen LogP contribution in [-0.4, -0.2) is 217 Å². The zero-order valence-corrected chi connectivity index (χ0v) is 32.6. The van der Waals surface area contributed by atoms with Crippen molar-refractivity contribution in [2.24, 2.45) is 22.2 Å². The van der Waals surface area contributed by atoms with E-state index >= 15 is 0 Å². The van der Waals surface area contributed by atoms with Crippen molar-refractivity contribution in [1.82, 2.24) is 26.6 Å². The highest BCUT2D eigenvalue weighted by atomic mass is 32.2. The van der Waals surface area contributed by atoms with Crippen LogP contribution in [-0.2, 0) is 47.8 Å². The SMILES string of the molecule is NCC(=O)N[C@@H](CCCN=C(N)N)C(=O)NCC(=O)N[C@@H](CC(=O)O)C(=O)N[C@@H](CS[C@@H]1O[C@H](CO)[C@@H](O[C@@H]2O[C@H](CO)[C@H](O)[C@H](O)[C@H]2O)[C@H](O)[C@H]1O)C(=O)NCC(=O)O. The smallest absolute Gasteiger partial charge is 0.322 e. The van der Waals surface area contributed by atoms with Crippen LogP contribution in [0.5, 0.6) is 0 Å². The number of aliphatic imine (C=N–C) groups is 1. The molecule has 20 N–H and O–H groups in total. The summed E-state index contributed by atoms with van der Waals surface area (Å²) in [6, 6.07) is -4.86. The van der Waals surface area contributed by atoms with Gasteiger partial charge in [-0.1, -0.05) is 0 Å². The summed E-state index contributed by atoms with van der Waals surface area (Å²) in [5, 5.41) is 101. The van der Waals surface area contributed by atoms with Crippen LogP contribution in [0.25, 0.3) is 0 Å². The van der Waals surface area contributed by atoms with E-state index in [1.54, 1.807) is 0 Å². The van der Waals surface area contributed by atoms with Gasteiger partial charge in [0, 0.05) is 12.3 Å². The Labute approximate surface area is 344 Å². The van der Waals surface area contributed by atoms with Gasteiger partial charge >= 0.3 is 11.9 Å². The minimum Gasteiger partial charge on any atom is -0.481 e. The minimum atomic E-state index is -1.94. The van der Waals surface area contributed by atoms with Crippen molar-refractivity contribution in [3.8, 4) is 0 Å². The standard InChI is InChI=1S/C31H53N9O19S/c32-5-16(43)38-11(2-1-3-35-31(33)34)26(54)36-6-17(44)39-12(4-18(45)46)28(56)40-13(27(55)37-7-19(47)48)10-60-30-24(53)22(51)25(15(9-42)58-30)59-29-23(52)21(50)20(49)14(8-41)57-29/h11-15,20-25,29-30,41-42,49-53H,1-10,32H2,(H,36,54)(H,37,55)(H,38,43)(H,39,44)(H,40,56)(H,45,46)(H,47,48)(H4,33,34,35)/t11-,12-,13-,14+,15+,20-,21-,22+,23+,24+,25+,29-,30-/m0/s1. The third-order valence-electron chi connectivity index (χ3n) is 8.67. The quantitative estimate of drug-likeness (QED) is 0.0243. The fraction of sp³-hybridized carbons (Fsp3) is 0.742. The van der Waals surface area contributed by atoms with E-state index in [0.29, 0.717) is 11.8 Å². The fourth-order valence-electron chi connectivity index (χ4n) is 5.57. The highest BCUT2D eigenvalue weighted by molar-refractivity contribution is 7.99. The number of rotatable bonds is 24. The van der Waals surface area contributed by atoms with Crippen molar-refractivity contribution < 1.29 is 93.7 Å². The predicted octanol–water partition coefficient (Wildman–Crippen LogP) is -10.4. The maximum atomic E-state index is 13.4. The third kappa shape index (κ3) is 16.2. The maximum absolute atomic E-state index is 13.4. The van der Waals surface area contributed by atoms with Crippen molar-refractivity contribution in [2.45, 2.75) is 97.9 Å². The molecule has 5 amide bonds. The van der Waals surface area contributed by atoms with Crippen molar-refractivity contribution >= 4 is 59.2 Å². The van der Waals surface area contributed by atoms with Gasteiger partial charge in [-0.15, -0.1) is 11.8 Å². The summed E-state index contributed by atoms with van der Waals surface area (Å²) in [4.78, 5) is 90.5. The van der Waals surface area contributed by atoms with Gasteiger partial charge in [-0.05, 0) is 12.8 Å². The Morgan fingerprint density at radius 1 is 0.700 bits per heavy atom. The number of nitrogens with two attached hydrogens (primary N) is 3. The van der Waals surface area contributed by atoms with Gasteiger partial charge in [0.05, 0.1) is 32.7 Å². The van der Waals surface area contributed by atoms with E-state index < -0.39 is 165 Å². The van der Waals surface area contributed by atoms with Crippen LogP contribution in [0.1, 0.15) is 19.3 Å². The molecule has 0 aromatic heterocycles. The van der Waals surface area contributed by atoms with E-state index in [0.717, 1.165) is 0 Å². The predicted molar refractivity (Wildman–Crippen MR) is 200 cm³/mol. The van der Waals surface area contributed by atoms with Crippen molar-refractivity contribution in [2.75, 3.05) is 45.1 Å². The molecule has 0 aromatic rings. The van der Waals surface area contributed by atoms with Crippen LogP contribution in [0.3, 0.4) is 0 Å². The molecule has 28 nitrogen and oxygen atoms in total.